The van der Waals surface area contributed by atoms with Crippen LogP contribution in [0.5, 0.6) is 0 Å². The molecule has 4 heteroatoms. The number of unbranched alkanes of at least 4 members (excludes halogenated alkanes) is 2. The molecule has 0 bridgehead atoms. The van der Waals surface area contributed by atoms with Crippen LogP contribution in [0.1, 0.15) is 32.6 Å². The highest BCUT2D eigenvalue weighted by Crippen LogP contribution is 2.19. The first-order chi connectivity index (χ1) is 5.95. The number of ketones is 1. The van der Waals surface area contributed by atoms with E-state index in [-0.39, 0.29) is 6.42 Å². The molecule has 0 heterocycles. The Morgan fingerprint density at radius 1 is 1.46 bits per heavy atom. The van der Waals surface area contributed by atoms with Gasteiger partial charge < -0.3 is 0 Å². The van der Waals surface area contributed by atoms with Gasteiger partial charge in [-0.3, -0.25) is 4.79 Å². The first-order valence-electron chi connectivity index (χ1n) is 4.08. The Hall–Kier alpha value is -0.430. The molecule has 0 atom stereocenters. The maximum Gasteiger partial charge on any atom is 0.363 e. The summed E-state index contributed by atoms with van der Waals surface area (Å²) in [6, 6.07) is 0. The normalized spacial score (nSPS) is 10.5. The fourth-order valence-corrected chi connectivity index (χ4v) is 0.838. The van der Waals surface area contributed by atoms with Gasteiger partial charge in [0.15, 0.2) is 0 Å². The molecule has 0 radical (unpaired) electrons. The van der Waals surface area contributed by atoms with Gasteiger partial charge in [0.2, 0.25) is 5.78 Å². The van der Waals surface area contributed by atoms with E-state index in [1.54, 1.807) is 0 Å². The minimum absolute atomic E-state index is 0.268. The van der Waals surface area contributed by atoms with E-state index < -0.39 is 10.6 Å². The Kier molecular flexibility index (Phi) is 5.89. The van der Waals surface area contributed by atoms with Gasteiger partial charge in [0.25, 0.3) is 0 Å². The third kappa shape index (κ3) is 9.48. The maximum atomic E-state index is 12.1. The van der Waals surface area contributed by atoms with E-state index in [2.05, 4.69) is 0 Å². The number of hydrogen-bond donors (Lipinski definition) is 0. The predicted molar refractivity (Wildman–Crippen MR) is 50.8 cm³/mol. The van der Waals surface area contributed by atoms with Gasteiger partial charge in [0.05, 0.1) is 0 Å². The minimum atomic E-state index is -3.24. The summed E-state index contributed by atoms with van der Waals surface area (Å²) in [4.78, 5) is 7.59. The van der Waals surface area contributed by atoms with Crippen LogP contribution in [-0.4, -0.2) is 10.6 Å². The summed E-state index contributed by atoms with van der Waals surface area (Å²) >= 11 is 2.03. The number of hydrogen-bond acceptors (Lipinski definition) is 1. The van der Waals surface area contributed by atoms with E-state index in [9.17, 15) is 13.6 Å². The molecule has 0 rings (SSSR count). The number of carbonyl (C=O) groups excluding carboxylic acids is 1. The molecule has 0 saturated heterocycles. The fourth-order valence-electron chi connectivity index (χ4n) is 0.739. The Morgan fingerprint density at radius 2 is 2.08 bits per heavy atom. The zero-order valence-corrected chi connectivity index (χ0v) is 8.96. The molecule has 13 heavy (non-hydrogen) atoms. The highest BCUT2D eigenvalue weighted by molar-refractivity contribution is 9.10. The van der Waals surface area contributed by atoms with Crippen molar-refractivity contribution in [3.8, 4) is 11.8 Å². The molecule has 0 N–H and O–H groups in total. The van der Waals surface area contributed by atoms with E-state index in [0.717, 1.165) is 19.3 Å². The molecule has 0 saturated carbocycles. The van der Waals surface area contributed by atoms with E-state index in [1.165, 1.54) is 5.92 Å². The van der Waals surface area contributed by atoms with Crippen LogP contribution in [0.4, 0.5) is 8.78 Å². The van der Waals surface area contributed by atoms with Gasteiger partial charge >= 0.3 is 4.83 Å². The van der Waals surface area contributed by atoms with Gasteiger partial charge in [-0.05, 0) is 18.3 Å². The lowest BCUT2D eigenvalue weighted by atomic mass is 10.1. The third-order valence-corrected chi connectivity index (χ3v) is 1.55. The summed E-state index contributed by atoms with van der Waals surface area (Å²) < 4.78 is 24.1. The molecule has 0 aliphatic heterocycles. The van der Waals surface area contributed by atoms with Gasteiger partial charge in [-0.2, -0.15) is 8.78 Å². The second-order valence-corrected chi connectivity index (χ2v) is 3.62. The molecular weight excluding hydrogens is 242 g/mol. The highest BCUT2D eigenvalue weighted by atomic mass is 79.9. The number of rotatable bonds is 4. The summed E-state index contributed by atoms with van der Waals surface area (Å²) in [7, 11) is 0. The van der Waals surface area contributed by atoms with Crippen molar-refractivity contribution in [1.29, 1.82) is 0 Å². The van der Waals surface area contributed by atoms with Crippen molar-refractivity contribution in [2.24, 2.45) is 0 Å². The molecule has 0 aromatic carbocycles. The lowest BCUT2D eigenvalue weighted by molar-refractivity contribution is -0.113. The Bertz CT molecular complexity index is 222. The van der Waals surface area contributed by atoms with E-state index in [0.29, 0.717) is 0 Å². The summed E-state index contributed by atoms with van der Waals surface area (Å²) in [5, 5.41) is 0. The molecule has 74 valence electrons. The SMILES string of the molecule is CCCCCC(=O)C#CC(F)(F)Br. The van der Waals surface area contributed by atoms with Crippen molar-refractivity contribution in [2.45, 2.75) is 37.4 Å². The van der Waals surface area contributed by atoms with Crippen LogP contribution >= 0.6 is 15.9 Å². The number of halogens is 3. The molecular formula is C9H11BrF2O. The molecule has 0 aromatic heterocycles. The number of Topliss-reactive ketones (excluding diaryl/α,β-unsaturated/α-hetero) is 1. The van der Waals surface area contributed by atoms with Gasteiger partial charge in [-0.15, -0.1) is 0 Å². The number of carbonyl (C=O) groups is 1. The van der Waals surface area contributed by atoms with Crippen LogP contribution in [-0.2, 0) is 4.79 Å². The van der Waals surface area contributed by atoms with Crippen LogP contribution in [0.15, 0.2) is 0 Å². The fraction of sp³-hybridized carbons (Fsp3) is 0.667. The molecule has 0 amide bonds. The summed E-state index contributed by atoms with van der Waals surface area (Å²) in [5.74, 6) is 3.00. The van der Waals surface area contributed by atoms with Crippen LogP contribution in [0.25, 0.3) is 0 Å². The van der Waals surface area contributed by atoms with Gasteiger partial charge in [0.1, 0.15) is 0 Å². The number of alkyl halides is 3. The zero-order valence-electron chi connectivity index (χ0n) is 7.37. The quantitative estimate of drug-likeness (QED) is 0.325. The van der Waals surface area contributed by atoms with E-state index in [4.69, 9.17) is 0 Å². The van der Waals surface area contributed by atoms with Gasteiger partial charge in [-0.25, -0.2) is 0 Å². The smallest absolute Gasteiger partial charge is 0.285 e. The van der Waals surface area contributed by atoms with Crippen molar-refractivity contribution < 1.29 is 13.6 Å². The second-order valence-electron chi connectivity index (χ2n) is 2.63. The van der Waals surface area contributed by atoms with E-state index in [1.807, 2.05) is 28.8 Å². The molecule has 0 spiro atoms. The maximum absolute atomic E-state index is 12.1. The summed E-state index contributed by atoms with van der Waals surface area (Å²) in [6.07, 6.45) is 2.91. The standard InChI is InChI=1S/C9H11BrF2O/c1-2-3-4-5-8(13)6-7-9(10,11)12/h2-5H2,1H3. The van der Waals surface area contributed by atoms with Crippen LogP contribution in [0.2, 0.25) is 0 Å². The van der Waals surface area contributed by atoms with Crippen molar-refractivity contribution in [1.82, 2.24) is 0 Å². The molecule has 0 aromatic rings. The average Bonchev–Trinajstić information content (AvgIpc) is 2.00. The van der Waals surface area contributed by atoms with Crippen molar-refractivity contribution in [2.75, 3.05) is 0 Å². The lowest BCUT2D eigenvalue weighted by Crippen LogP contribution is -2.01. The first kappa shape index (κ1) is 12.6. The zero-order chi connectivity index (χ0) is 10.3. The van der Waals surface area contributed by atoms with Crippen molar-refractivity contribution >= 4 is 21.7 Å². The van der Waals surface area contributed by atoms with Crippen LogP contribution in [0.3, 0.4) is 0 Å². The first-order valence-corrected chi connectivity index (χ1v) is 4.87. The Labute approximate surface area is 85.0 Å². The third-order valence-electron chi connectivity index (χ3n) is 1.35. The molecule has 0 aliphatic rings. The lowest BCUT2D eigenvalue weighted by Gasteiger charge is -1.95. The largest absolute Gasteiger partial charge is 0.363 e. The van der Waals surface area contributed by atoms with Crippen molar-refractivity contribution in [3.63, 3.8) is 0 Å². The summed E-state index contributed by atoms with van der Waals surface area (Å²) in [6.45, 7) is 2.00. The van der Waals surface area contributed by atoms with E-state index >= 15 is 0 Å². The average molecular weight is 253 g/mol. The van der Waals surface area contributed by atoms with Gasteiger partial charge in [0, 0.05) is 22.4 Å². The monoisotopic (exact) mass is 252 g/mol. The second kappa shape index (κ2) is 6.09. The van der Waals surface area contributed by atoms with Gasteiger partial charge in [-0.1, -0.05) is 19.8 Å². The highest BCUT2D eigenvalue weighted by Gasteiger charge is 2.19. The summed E-state index contributed by atoms with van der Waals surface area (Å²) in [5.41, 5.74) is 0. The topological polar surface area (TPSA) is 17.1 Å². The van der Waals surface area contributed by atoms with Crippen LogP contribution < -0.4 is 0 Å². The Morgan fingerprint density at radius 3 is 2.54 bits per heavy atom. The molecule has 0 unspecified atom stereocenters. The minimum Gasteiger partial charge on any atom is -0.285 e. The Balaban J connectivity index is 3.78. The van der Waals surface area contributed by atoms with Crippen LogP contribution in [0, 0.1) is 11.8 Å². The molecule has 0 aliphatic carbocycles. The predicted octanol–water partition coefficient (Wildman–Crippen LogP) is 3.13. The molecule has 0 fully saturated rings. The van der Waals surface area contributed by atoms with Crippen molar-refractivity contribution in [3.05, 3.63) is 0 Å². The molecule has 1 nitrogen and oxygen atoms in total.